The molecule has 4 aromatic rings. The van der Waals surface area contributed by atoms with Crippen LogP contribution < -0.4 is 9.64 Å². The lowest BCUT2D eigenvalue weighted by Gasteiger charge is -2.36. The maximum absolute atomic E-state index is 14.0. The van der Waals surface area contributed by atoms with Gasteiger partial charge < -0.3 is 14.5 Å². The fourth-order valence-corrected chi connectivity index (χ4v) is 5.46. The van der Waals surface area contributed by atoms with Gasteiger partial charge in [0, 0.05) is 28.6 Å². The summed E-state index contributed by atoms with van der Waals surface area (Å²) in [4.78, 5) is 46.6. The van der Waals surface area contributed by atoms with Crippen LogP contribution in [-0.4, -0.2) is 48.1 Å². The van der Waals surface area contributed by atoms with Gasteiger partial charge in [-0.3, -0.25) is 9.69 Å². The van der Waals surface area contributed by atoms with Gasteiger partial charge in [-0.2, -0.15) is 0 Å². The number of carbonyl (C=O) groups is 3. The molecule has 1 N–H and O–H groups in total. The zero-order valence-corrected chi connectivity index (χ0v) is 19.7. The minimum Gasteiger partial charge on any atom is -0.496 e. The molecule has 0 spiro atoms. The van der Waals surface area contributed by atoms with Crippen molar-refractivity contribution >= 4 is 34.5 Å². The van der Waals surface area contributed by atoms with E-state index in [0.29, 0.717) is 12.2 Å². The Morgan fingerprint density at radius 2 is 1.67 bits per heavy atom. The highest BCUT2D eigenvalue weighted by Crippen LogP contribution is 2.47. The number of aromatic amines is 1. The second-order valence-electron chi connectivity index (χ2n) is 8.80. The largest absolute Gasteiger partial charge is 0.496 e. The average Bonchev–Trinajstić information content (AvgIpc) is 3.41. The van der Waals surface area contributed by atoms with E-state index in [-0.39, 0.29) is 17.2 Å². The Hall–Kier alpha value is -4.59. The van der Waals surface area contributed by atoms with E-state index in [0.717, 1.165) is 32.6 Å². The zero-order chi connectivity index (χ0) is 25.0. The summed E-state index contributed by atoms with van der Waals surface area (Å²) in [7, 11) is 2.85. The van der Waals surface area contributed by atoms with E-state index in [4.69, 9.17) is 9.47 Å². The lowest BCUT2D eigenvalue weighted by molar-refractivity contribution is -0.120. The van der Waals surface area contributed by atoms with Crippen molar-refractivity contribution in [3.8, 4) is 5.75 Å². The highest BCUT2D eigenvalue weighted by Gasteiger charge is 2.54. The molecular formula is C28H23N3O5. The van der Waals surface area contributed by atoms with Gasteiger partial charge in [-0.25, -0.2) is 14.5 Å². The molecule has 0 bridgehead atoms. The van der Waals surface area contributed by atoms with Crippen LogP contribution in [0.3, 0.4) is 0 Å². The third-order valence-corrected chi connectivity index (χ3v) is 7.03. The number of anilines is 1. The molecule has 2 aliphatic heterocycles. The number of hydrogen-bond donors (Lipinski definition) is 1. The molecule has 1 fully saturated rings. The van der Waals surface area contributed by atoms with Gasteiger partial charge in [0.15, 0.2) is 0 Å². The van der Waals surface area contributed by atoms with Gasteiger partial charge in [0.1, 0.15) is 17.8 Å². The van der Waals surface area contributed by atoms with E-state index in [2.05, 4.69) is 4.98 Å². The lowest BCUT2D eigenvalue weighted by Crippen LogP contribution is -2.44. The number of benzene rings is 3. The van der Waals surface area contributed by atoms with Crippen molar-refractivity contribution in [2.75, 3.05) is 19.1 Å². The van der Waals surface area contributed by atoms with Gasteiger partial charge in [-0.1, -0.05) is 48.5 Å². The van der Waals surface area contributed by atoms with Crippen LogP contribution in [0.25, 0.3) is 10.9 Å². The molecule has 8 heteroatoms. The van der Waals surface area contributed by atoms with Crippen molar-refractivity contribution in [3.63, 3.8) is 0 Å². The predicted molar refractivity (Wildman–Crippen MR) is 133 cm³/mol. The summed E-state index contributed by atoms with van der Waals surface area (Å²) in [5.41, 5.74) is 3.91. The number of urea groups is 1. The Labute approximate surface area is 207 Å². The number of methoxy groups -OCH3 is 2. The van der Waals surface area contributed by atoms with Crippen molar-refractivity contribution in [1.29, 1.82) is 0 Å². The number of esters is 1. The smallest absolute Gasteiger partial charge is 0.339 e. The first kappa shape index (κ1) is 21.9. The van der Waals surface area contributed by atoms with E-state index in [1.165, 1.54) is 7.11 Å². The highest BCUT2D eigenvalue weighted by molar-refractivity contribution is 6.23. The molecule has 3 amide bonds. The minimum absolute atomic E-state index is 0.152. The predicted octanol–water partition coefficient (Wildman–Crippen LogP) is 4.45. The molecule has 0 radical (unpaired) electrons. The average molecular weight is 482 g/mol. The number of nitrogens with zero attached hydrogens (tertiary/aromatic N) is 2. The van der Waals surface area contributed by atoms with Crippen LogP contribution in [0.2, 0.25) is 0 Å². The summed E-state index contributed by atoms with van der Waals surface area (Å²) in [5, 5.41) is 1.01. The van der Waals surface area contributed by atoms with Crippen molar-refractivity contribution in [2.45, 2.75) is 18.5 Å². The number of H-pyrrole nitrogens is 1. The third kappa shape index (κ3) is 3.04. The molecule has 36 heavy (non-hydrogen) atoms. The first-order valence-electron chi connectivity index (χ1n) is 11.6. The number of aromatic nitrogens is 1. The summed E-state index contributed by atoms with van der Waals surface area (Å²) in [6.07, 6.45) is 0.354. The van der Waals surface area contributed by atoms with Crippen LogP contribution in [0.15, 0.2) is 72.8 Å². The van der Waals surface area contributed by atoms with E-state index in [1.54, 1.807) is 36.3 Å². The van der Waals surface area contributed by atoms with Gasteiger partial charge in [-0.05, 0) is 29.8 Å². The van der Waals surface area contributed by atoms with Gasteiger partial charge in [0.2, 0.25) is 0 Å². The molecule has 1 aromatic heterocycles. The molecule has 0 aliphatic carbocycles. The standard InChI is InChI=1S/C28H23N3O5/c1-35-23-14-8-5-11-18(23)25-24-19(16-9-3-6-12-20(16)29-24)15-22-26(32)31(28(34)30(22)25)21-13-7-4-10-17(21)27(33)36-2/h3-14,22,25,29H,15H2,1-2H3/t22-,25-/m0/s1. The van der Waals surface area contributed by atoms with Crippen LogP contribution in [0.4, 0.5) is 10.5 Å². The summed E-state index contributed by atoms with van der Waals surface area (Å²) < 4.78 is 10.6. The van der Waals surface area contributed by atoms with Crippen LogP contribution >= 0.6 is 0 Å². The number of carbonyl (C=O) groups excluding carboxylic acids is 3. The SMILES string of the molecule is COC(=O)c1ccccc1N1C(=O)[C@@H]2Cc3c([nH]c4ccccc34)[C@H](c3ccccc3OC)N2C1=O. The first-order valence-corrected chi connectivity index (χ1v) is 11.6. The Morgan fingerprint density at radius 3 is 2.47 bits per heavy atom. The molecule has 2 aliphatic rings. The number of amides is 3. The van der Waals surface area contributed by atoms with Crippen molar-refractivity contribution < 1.29 is 23.9 Å². The first-order chi connectivity index (χ1) is 17.5. The van der Waals surface area contributed by atoms with Crippen LogP contribution in [0.1, 0.15) is 33.2 Å². The number of rotatable bonds is 4. The maximum atomic E-state index is 14.0. The second-order valence-corrected chi connectivity index (χ2v) is 8.80. The molecule has 6 rings (SSSR count). The summed E-state index contributed by atoms with van der Waals surface area (Å²) in [6.45, 7) is 0. The van der Waals surface area contributed by atoms with E-state index >= 15 is 0 Å². The summed E-state index contributed by atoms with van der Waals surface area (Å²) >= 11 is 0. The molecule has 2 atom stereocenters. The number of nitrogens with one attached hydrogen (secondary N) is 1. The molecule has 1 saturated heterocycles. The number of hydrogen-bond acceptors (Lipinski definition) is 5. The van der Waals surface area contributed by atoms with E-state index in [9.17, 15) is 14.4 Å². The van der Waals surface area contributed by atoms with Crippen molar-refractivity contribution in [2.24, 2.45) is 0 Å². The van der Waals surface area contributed by atoms with Gasteiger partial charge in [0.25, 0.3) is 5.91 Å². The summed E-state index contributed by atoms with van der Waals surface area (Å²) in [6, 6.07) is 20.1. The van der Waals surface area contributed by atoms with E-state index < -0.39 is 24.1 Å². The fourth-order valence-electron chi connectivity index (χ4n) is 5.46. The summed E-state index contributed by atoms with van der Waals surface area (Å²) in [5.74, 6) is -0.387. The monoisotopic (exact) mass is 481 g/mol. The number of ether oxygens (including phenoxy) is 2. The van der Waals surface area contributed by atoms with Gasteiger partial charge in [-0.15, -0.1) is 0 Å². The van der Waals surface area contributed by atoms with Gasteiger partial charge in [0.05, 0.1) is 25.5 Å². The Morgan fingerprint density at radius 1 is 0.944 bits per heavy atom. The topological polar surface area (TPSA) is 91.9 Å². The van der Waals surface area contributed by atoms with E-state index in [1.807, 2.05) is 48.5 Å². The number of imide groups is 1. The number of para-hydroxylation sites is 3. The van der Waals surface area contributed by atoms with Crippen LogP contribution in [0, 0.1) is 0 Å². The Bertz CT molecular complexity index is 1540. The second kappa shape index (κ2) is 8.27. The molecule has 180 valence electrons. The maximum Gasteiger partial charge on any atom is 0.339 e. The van der Waals surface area contributed by atoms with Crippen molar-refractivity contribution in [3.05, 3.63) is 95.2 Å². The Kier molecular flexibility index (Phi) is 5.03. The zero-order valence-electron chi connectivity index (χ0n) is 19.7. The fraction of sp³-hybridized carbons (Fsp3) is 0.179. The molecule has 8 nitrogen and oxygen atoms in total. The third-order valence-electron chi connectivity index (χ3n) is 7.03. The van der Waals surface area contributed by atoms with Gasteiger partial charge >= 0.3 is 12.0 Å². The molecule has 0 unspecified atom stereocenters. The van der Waals surface area contributed by atoms with Crippen molar-refractivity contribution in [1.82, 2.24) is 9.88 Å². The molecule has 0 saturated carbocycles. The minimum atomic E-state index is -0.746. The highest BCUT2D eigenvalue weighted by atomic mass is 16.5. The molecule has 3 heterocycles. The van der Waals surface area contributed by atoms with Crippen LogP contribution in [-0.2, 0) is 16.0 Å². The molecular weight excluding hydrogens is 458 g/mol. The molecule has 3 aromatic carbocycles. The van der Waals surface area contributed by atoms with Crippen LogP contribution in [0.5, 0.6) is 5.75 Å². The quantitative estimate of drug-likeness (QED) is 0.344. The number of fused-ring (bicyclic) bond motifs is 4. The normalized spacial score (nSPS) is 18.8. The Balaban J connectivity index is 1.56. The lowest BCUT2D eigenvalue weighted by atomic mass is 9.88.